The van der Waals surface area contributed by atoms with Crippen molar-refractivity contribution in [3.05, 3.63) is 59.7 Å². The lowest BCUT2D eigenvalue weighted by Crippen LogP contribution is -2.59. The van der Waals surface area contributed by atoms with E-state index in [1.54, 1.807) is 7.11 Å². The van der Waals surface area contributed by atoms with Crippen molar-refractivity contribution in [2.24, 2.45) is 5.10 Å². The number of nitrogens with zero attached hydrogens (tertiary/aromatic N) is 3. The van der Waals surface area contributed by atoms with Gasteiger partial charge in [-0.2, -0.15) is 5.10 Å². The minimum atomic E-state index is -0.349. The van der Waals surface area contributed by atoms with Crippen molar-refractivity contribution in [3.63, 3.8) is 0 Å². The largest absolute Gasteiger partial charge is 0.497 e. The Labute approximate surface area is 172 Å². The van der Waals surface area contributed by atoms with Crippen LogP contribution in [0, 0.1) is 0 Å². The van der Waals surface area contributed by atoms with Gasteiger partial charge in [0.2, 0.25) is 5.72 Å². The number of benzene rings is 2. The number of hydrogen-bond donors (Lipinski definition) is 0. The Morgan fingerprint density at radius 3 is 2.48 bits per heavy atom. The van der Waals surface area contributed by atoms with Crippen LogP contribution in [0.15, 0.2) is 53.6 Å². The smallest absolute Gasteiger partial charge is 0.200 e. The van der Waals surface area contributed by atoms with E-state index in [9.17, 15) is 0 Å². The Hall–Kier alpha value is -2.53. The summed E-state index contributed by atoms with van der Waals surface area (Å²) in [6, 6.07) is 17.5. The standard InChI is InChI=1S/C24H29N3O2/c1-17(2)26-14-12-24(13-15-26)27-22(20-6-4-5-7-23(20)29-24)16-21(25-27)18-8-10-19(28-3)11-9-18/h4-11,17,22H,12-16H2,1-3H3/t22-/m0/s1. The van der Waals surface area contributed by atoms with Gasteiger partial charge in [0.25, 0.3) is 0 Å². The third-order valence-corrected chi connectivity index (χ3v) is 6.64. The topological polar surface area (TPSA) is 37.3 Å². The molecular weight excluding hydrogens is 362 g/mol. The molecule has 1 fully saturated rings. The Morgan fingerprint density at radius 2 is 1.79 bits per heavy atom. The zero-order chi connectivity index (χ0) is 20.0. The van der Waals surface area contributed by atoms with E-state index in [-0.39, 0.29) is 11.8 Å². The molecule has 0 bridgehead atoms. The number of hydrogen-bond acceptors (Lipinski definition) is 5. The van der Waals surface area contributed by atoms with Crippen molar-refractivity contribution >= 4 is 5.71 Å². The van der Waals surface area contributed by atoms with Crippen LogP contribution < -0.4 is 9.47 Å². The molecule has 0 radical (unpaired) electrons. The fraction of sp³-hybridized carbons (Fsp3) is 0.458. The molecule has 2 aromatic rings. The first-order chi connectivity index (χ1) is 14.1. The molecule has 1 saturated heterocycles. The van der Waals surface area contributed by atoms with Gasteiger partial charge in [-0.3, -0.25) is 0 Å². The molecule has 2 aromatic carbocycles. The molecule has 3 heterocycles. The summed E-state index contributed by atoms with van der Waals surface area (Å²) in [6.45, 7) is 6.62. The first kappa shape index (κ1) is 18.5. The third kappa shape index (κ3) is 3.08. The molecule has 0 amide bonds. The summed E-state index contributed by atoms with van der Waals surface area (Å²) in [6.07, 6.45) is 2.84. The van der Waals surface area contributed by atoms with Crippen LogP contribution in [0.3, 0.4) is 0 Å². The van der Waals surface area contributed by atoms with E-state index in [4.69, 9.17) is 14.6 Å². The summed E-state index contributed by atoms with van der Waals surface area (Å²) in [5, 5.41) is 7.43. The highest BCUT2D eigenvalue weighted by Crippen LogP contribution is 2.50. The van der Waals surface area contributed by atoms with Crippen LogP contribution in [-0.4, -0.2) is 47.6 Å². The second kappa shape index (κ2) is 7.06. The zero-order valence-corrected chi connectivity index (χ0v) is 17.5. The number of rotatable bonds is 3. The van der Waals surface area contributed by atoms with Crippen LogP contribution in [0.5, 0.6) is 11.5 Å². The van der Waals surface area contributed by atoms with Gasteiger partial charge in [0, 0.05) is 44.0 Å². The number of ether oxygens (including phenoxy) is 2. The molecule has 5 heteroatoms. The van der Waals surface area contributed by atoms with Crippen molar-refractivity contribution < 1.29 is 9.47 Å². The van der Waals surface area contributed by atoms with Crippen LogP contribution in [0.4, 0.5) is 0 Å². The lowest BCUT2D eigenvalue weighted by Gasteiger charge is -2.51. The van der Waals surface area contributed by atoms with E-state index in [1.165, 1.54) is 5.56 Å². The van der Waals surface area contributed by atoms with Crippen molar-refractivity contribution in [1.29, 1.82) is 0 Å². The predicted molar refractivity (Wildman–Crippen MR) is 114 cm³/mol. The van der Waals surface area contributed by atoms with Gasteiger partial charge in [-0.25, -0.2) is 5.01 Å². The van der Waals surface area contributed by atoms with Gasteiger partial charge in [-0.05, 0) is 49.7 Å². The molecular formula is C24H29N3O2. The molecule has 29 heavy (non-hydrogen) atoms. The summed E-state index contributed by atoms with van der Waals surface area (Å²) in [5.41, 5.74) is 3.19. The van der Waals surface area contributed by atoms with Crippen LogP contribution in [0.1, 0.15) is 50.3 Å². The monoisotopic (exact) mass is 391 g/mol. The summed E-state index contributed by atoms with van der Waals surface area (Å²) < 4.78 is 12.0. The molecule has 3 aliphatic rings. The number of fused-ring (bicyclic) bond motifs is 4. The van der Waals surface area contributed by atoms with Gasteiger partial charge < -0.3 is 14.4 Å². The fourth-order valence-corrected chi connectivity index (χ4v) is 4.91. The fourth-order valence-electron chi connectivity index (χ4n) is 4.91. The van der Waals surface area contributed by atoms with E-state index in [0.29, 0.717) is 6.04 Å². The van der Waals surface area contributed by atoms with E-state index in [0.717, 1.165) is 55.1 Å². The molecule has 0 unspecified atom stereocenters. The first-order valence-corrected chi connectivity index (χ1v) is 10.6. The lowest BCUT2D eigenvalue weighted by molar-refractivity contribution is -0.152. The second-order valence-corrected chi connectivity index (χ2v) is 8.56. The highest BCUT2D eigenvalue weighted by atomic mass is 16.5. The lowest BCUT2D eigenvalue weighted by atomic mass is 9.90. The molecule has 152 valence electrons. The quantitative estimate of drug-likeness (QED) is 0.775. The van der Waals surface area contributed by atoms with Gasteiger partial charge in [0.15, 0.2) is 0 Å². The van der Waals surface area contributed by atoms with Gasteiger partial charge in [-0.15, -0.1) is 0 Å². The van der Waals surface area contributed by atoms with Crippen molar-refractivity contribution in [1.82, 2.24) is 9.91 Å². The molecule has 0 N–H and O–H groups in total. The number of hydrazone groups is 1. The minimum Gasteiger partial charge on any atom is -0.497 e. The molecule has 3 aliphatic heterocycles. The Balaban J connectivity index is 1.51. The Bertz CT molecular complexity index is 914. The molecule has 5 rings (SSSR count). The van der Waals surface area contributed by atoms with E-state index >= 15 is 0 Å². The summed E-state index contributed by atoms with van der Waals surface area (Å²) >= 11 is 0. The maximum absolute atomic E-state index is 6.70. The molecule has 0 saturated carbocycles. The van der Waals surface area contributed by atoms with Crippen molar-refractivity contribution in [2.75, 3.05) is 20.2 Å². The Morgan fingerprint density at radius 1 is 1.07 bits per heavy atom. The normalized spacial score (nSPS) is 22.8. The van der Waals surface area contributed by atoms with E-state index in [2.05, 4.69) is 60.2 Å². The molecule has 0 aromatic heterocycles. The highest BCUT2D eigenvalue weighted by Gasteiger charge is 2.51. The molecule has 1 atom stereocenters. The molecule has 0 aliphatic carbocycles. The molecule has 5 nitrogen and oxygen atoms in total. The Kier molecular flexibility index (Phi) is 4.50. The maximum Gasteiger partial charge on any atom is 0.200 e. The van der Waals surface area contributed by atoms with Crippen LogP contribution in [-0.2, 0) is 0 Å². The second-order valence-electron chi connectivity index (χ2n) is 8.56. The van der Waals surface area contributed by atoms with Crippen LogP contribution in [0.2, 0.25) is 0 Å². The van der Waals surface area contributed by atoms with Gasteiger partial charge in [-0.1, -0.05) is 18.2 Å². The first-order valence-electron chi connectivity index (χ1n) is 10.6. The third-order valence-electron chi connectivity index (χ3n) is 6.64. The van der Waals surface area contributed by atoms with E-state index in [1.807, 2.05) is 12.1 Å². The number of para-hydroxylation sites is 1. The predicted octanol–water partition coefficient (Wildman–Crippen LogP) is 4.44. The van der Waals surface area contributed by atoms with Gasteiger partial charge >= 0.3 is 0 Å². The van der Waals surface area contributed by atoms with Crippen LogP contribution >= 0.6 is 0 Å². The van der Waals surface area contributed by atoms with E-state index < -0.39 is 0 Å². The van der Waals surface area contributed by atoms with Gasteiger partial charge in [0.05, 0.1) is 18.9 Å². The zero-order valence-electron chi connectivity index (χ0n) is 17.5. The van der Waals surface area contributed by atoms with Crippen molar-refractivity contribution in [2.45, 2.75) is 50.9 Å². The number of piperidine rings is 1. The maximum atomic E-state index is 6.70. The molecule has 1 spiro atoms. The summed E-state index contributed by atoms with van der Waals surface area (Å²) in [7, 11) is 1.70. The number of methoxy groups -OCH3 is 1. The highest BCUT2D eigenvalue weighted by molar-refractivity contribution is 6.02. The van der Waals surface area contributed by atoms with Crippen molar-refractivity contribution in [3.8, 4) is 11.5 Å². The summed E-state index contributed by atoms with van der Waals surface area (Å²) in [4.78, 5) is 2.54. The average molecular weight is 392 g/mol. The SMILES string of the molecule is COc1ccc(C2=NN3[C@@H](C2)c2ccccc2OC32CCN(C(C)C)CC2)cc1. The summed E-state index contributed by atoms with van der Waals surface area (Å²) in [5.74, 6) is 1.90. The number of likely N-dealkylation sites (tertiary alicyclic amines) is 1. The average Bonchev–Trinajstić information content (AvgIpc) is 3.21. The minimum absolute atomic E-state index is 0.239. The van der Waals surface area contributed by atoms with Crippen LogP contribution in [0.25, 0.3) is 0 Å². The van der Waals surface area contributed by atoms with Gasteiger partial charge in [0.1, 0.15) is 11.5 Å².